The molecule has 0 bridgehead atoms. The summed E-state index contributed by atoms with van der Waals surface area (Å²) in [6, 6.07) is 3.57. The Balaban J connectivity index is 3.40. The van der Waals surface area contributed by atoms with Crippen LogP contribution in [0.1, 0.15) is 15.9 Å². The average molecular weight is 233 g/mol. The molecule has 11 heavy (non-hydrogen) atoms. The number of carbonyl (C=O) groups is 1. The Labute approximate surface area is 78.5 Å². The molecule has 0 spiro atoms. The predicted octanol–water partition coefficient (Wildman–Crippen LogP) is 3.22. The first kappa shape index (κ1) is 8.75. The molecule has 0 aliphatic carbocycles. The zero-order chi connectivity index (χ0) is 8.43. The molecule has 0 atom stereocenters. The van der Waals surface area contributed by atoms with Gasteiger partial charge in [0.2, 0.25) is 0 Å². The quantitative estimate of drug-likeness (QED) is 0.681. The first-order valence-corrected chi connectivity index (χ1v) is 4.23. The average Bonchev–Trinajstić information content (AvgIpc) is 1.99. The van der Waals surface area contributed by atoms with Gasteiger partial charge in [-0.3, -0.25) is 4.79 Å². The third-order valence-corrected chi connectivity index (χ3v) is 2.87. The highest BCUT2D eigenvalue weighted by Gasteiger charge is 2.05. The Morgan fingerprint density at radius 3 is 2.64 bits per heavy atom. The van der Waals surface area contributed by atoms with Crippen LogP contribution in [0.2, 0.25) is 5.02 Å². The van der Waals surface area contributed by atoms with Gasteiger partial charge >= 0.3 is 0 Å². The molecule has 58 valence electrons. The van der Waals surface area contributed by atoms with Crippen molar-refractivity contribution in [3.05, 3.63) is 32.8 Å². The summed E-state index contributed by atoms with van der Waals surface area (Å²) in [5.74, 6) is 0. The second kappa shape index (κ2) is 3.37. The van der Waals surface area contributed by atoms with Crippen molar-refractivity contribution in [1.29, 1.82) is 0 Å². The molecular formula is C8H6BrClO. The molecule has 1 nitrogen and oxygen atoms in total. The van der Waals surface area contributed by atoms with E-state index in [-0.39, 0.29) is 0 Å². The van der Waals surface area contributed by atoms with E-state index in [4.69, 9.17) is 11.6 Å². The minimum Gasteiger partial charge on any atom is -0.298 e. The van der Waals surface area contributed by atoms with E-state index in [1.165, 1.54) is 0 Å². The highest BCUT2D eigenvalue weighted by atomic mass is 79.9. The first-order chi connectivity index (χ1) is 5.16. The van der Waals surface area contributed by atoms with Crippen LogP contribution in [-0.4, -0.2) is 6.29 Å². The van der Waals surface area contributed by atoms with E-state index >= 15 is 0 Å². The number of aldehydes is 1. The van der Waals surface area contributed by atoms with Gasteiger partial charge < -0.3 is 0 Å². The van der Waals surface area contributed by atoms with Gasteiger partial charge in [0.05, 0.1) is 5.02 Å². The second-order valence-electron chi connectivity index (χ2n) is 2.21. The van der Waals surface area contributed by atoms with Crippen LogP contribution >= 0.6 is 27.5 Å². The Hall–Kier alpha value is -0.340. The molecule has 1 aromatic carbocycles. The third kappa shape index (κ3) is 1.63. The molecule has 0 amide bonds. The van der Waals surface area contributed by atoms with Gasteiger partial charge in [0.1, 0.15) is 0 Å². The lowest BCUT2D eigenvalue weighted by Crippen LogP contribution is -1.87. The summed E-state index contributed by atoms with van der Waals surface area (Å²) in [6.45, 7) is 1.87. The lowest BCUT2D eigenvalue weighted by molar-refractivity contribution is 0.112. The molecule has 0 heterocycles. The molecule has 1 rings (SSSR count). The van der Waals surface area contributed by atoms with Crippen molar-refractivity contribution < 1.29 is 4.79 Å². The number of halogens is 2. The van der Waals surface area contributed by atoms with E-state index in [9.17, 15) is 4.79 Å². The smallest absolute Gasteiger partial charge is 0.151 e. The van der Waals surface area contributed by atoms with E-state index in [1.807, 2.05) is 13.0 Å². The zero-order valence-electron chi connectivity index (χ0n) is 5.90. The normalized spacial score (nSPS) is 9.73. The number of rotatable bonds is 1. The summed E-state index contributed by atoms with van der Waals surface area (Å²) in [7, 11) is 0. The van der Waals surface area contributed by atoms with Crippen LogP contribution < -0.4 is 0 Å². The van der Waals surface area contributed by atoms with Crippen molar-refractivity contribution in [2.24, 2.45) is 0 Å². The molecule has 0 radical (unpaired) electrons. The van der Waals surface area contributed by atoms with Gasteiger partial charge in [-0.05, 0) is 34.5 Å². The molecule has 0 aromatic heterocycles. The Kier molecular flexibility index (Phi) is 2.68. The summed E-state index contributed by atoms with van der Waals surface area (Å²) < 4.78 is 0.675. The largest absolute Gasteiger partial charge is 0.298 e. The molecule has 0 saturated carbocycles. The summed E-state index contributed by atoms with van der Waals surface area (Å²) in [6.07, 6.45) is 0.797. The molecule has 0 unspecified atom stereocenters. The van der Waals surface area contributed by atoms with Crippen LogP contribution in [-0.2, 0) is 0 Å². The van der Waals surface area contributed by atoms with Crippen LogP contribution in [0.5, 0.6) is 0 Å². The van der Waals surface area contributed by atoms with Gasteiger partial charge in [-0.25, -0.2) is 0 Å². The van der Waals surface area contributed by atoms with Crippen LogP contribution in [0, 0.1) is 6.92 Å². The van der Waals surface area contributed by atoms with Crippen molar-refractivity contribution in [2.75, 3.05) is 0 Å². The van der Waals surface area contributed by atoms with E-state index < -0.39 is 0 Å². The Morgan fingerprint density at radius 2 is 2.18 bits per heavy atom. The van der Waals surface area contributed by atoms with Crippen LogP contribution in [0.15, 0.2) is 16.6 Å². The van der Waals surface area contributed by atoms with Gasteiger partial charge in [-0.15, -0.1) is 0 Å². The fourth-order valence-corrected chi connectivity index (χ4v) is 1.51. The first-order valence-electron chi connectivity index (χ1n) is 3.06. The lowest BCUT2D eigenvalue weighted by Gasteiger charge is -2.01. The maximum absolute atomic E-state index is 10.5. The monoisotopic (exact) mass is 232 g/mol. The fraction of sp³-hybridized carbons (Fsp3) is 0.125. The van der Waals surface area contributed by atoms with Gasteiger partial charge in [-0.2, -0.15) is 0 Å². The Morgan fingerprint density at radius 1 is 1.55 bits per heavy atom. The fourth-order valence-electron chi connectivity index (χ4n) is 0.808. The molecule has 0 aliphatic rings. The van der Waals surface area contributed by atoms with E-state index in [0.717, 1.165) is 11.8 Å². The van der Waals surface area contributed by atoms with Crippen molar-refractivity contribution >= 4 is 33.8 Å². The van der Waals surface area contributed by atoms with E-state index in [1.54, 1.807) is 6.07 Å². The second-order valence-corrected chi connectivity index (χ2v) is 3.41. The minimum absolute atomic E-state index is 0.567. The molecule has 0 aliphatic heterocycles. The van der Waals surface area contributed by atoms with E-state index in [2.05, 4.69) is 15.9 Å². The van der Waals surface area contributed by atoms with Crippen molar-refractivity contribution in [1.82, 2.24) is 0 Å². The highest BCUT2D eigenvalue weighted by molar-refractivity contribution is 9.10. The molecule has 0 fully saturated rings. The number of carbonyl (C=O) groups excluding carboxylic acids is 1. The van der Waals surface area contributed by atoms with E-state index in [0.29, 0.717) is 15.1 Å². The molecule has 0 N–H and O–H groups in total. The summed E-state index contributed by atoms with van der Waals surface area (Å²) in [4.78, 5) is 10.5. The molecule has 0 saturated heterocycles. The van der Waals surface area contributed by atoms with Crippen molar-refractivity contribution in [2.45, 2.75) is 6.92 Å². The van der Waals surface area contributed by atoms with Gasteiger partial charge in [0.25, 0.3) is 0 Å². The third-order valence-electron chi connectivity index (χ3n) is 1.47. The topological polar surface area (TPSA) is 17.1 Å². The maximum atomic E-state index is 10.5. The van der Waals surface area contributed by atoms with Crippen LogP contribution in [0.4, 0.5) is 0 Å². The van der Waals surface area contributed by atoms with Gasteiger partial charge in [0.15, 0.2) is 6.29 Å². The maximum Gasteiger partial charge on any atom is 0.151 e. The summed E-state index contributed by atoms with van der Waals surface area (Å²) in [5, 5.41) is 0.567. The number of hydrogen-bond acceptors (Lipinski definition) is 1. The van der Waals surface area contributed by atoms with Crippen molar-refractivity contribution in [3.8, 4) is 0 Å². The van der Waals surface area contributed by atoms with Gasteiger partial charge in [-0.1, -0.05) is 17.7 Å². The number of benzene rings is 1. The zero-order valence-corrected chi connectivity index (χ0v) is 8.24. The predicted molar refractivity (Wildman–Crippen MR) is 49.3 cm³/mol. The minimum atomic E-state index is 0.567. The Bertz CT molecular complexity index is 296. The SMILES string of the molecule is Cc1ccc(Cl)c(Br)c1C=O. The number of hydrogen-bond donors (Lipinski definition) is 0. The van der Waals surface area contributed by atoms with Crippen LogP contribution in [0.3, 0.4) is 0 Å². The standard InChI is InChI=1S/C8H6BrClO/c1-5-2-3-7(10)8(9)6(5)4-11/h2-4H,1H3. The molecule has 3 heteroatoms. The summed E-state index contributed by atoms with van der Waals surface area (Å²) >= 11 is 8.99. The highest BCUT2D eigenvalue weighted by Crippen LogP contribution is 2.27. The van der Waals surface area contributed by atoms with Crippen LogP contribution in [0.25, 0.3) is 0 Å². The number of aryl methyl sites for hydroxylation is 1. The van der Waals surface area contributed by atoms with Crippen molar-refractivity contribution in [3.63, 3.8) is 0 Å². The molecule has 1 aromatic rings. The molecular weight excluding hydrogens is 227 g/mol. The lowest BCUT2D eigenvalue weighted by atomic mass is 10.1. The summed E-state index contributed by atoms with van der Waals surface area (Å²) in [5.41, 5.74) is 1.55. The van der Waals surface area contributed by atoms with Gasteiger partial charge in [0, 0.05) is 10.0 Å².